The zero-order valence-electron chi connectivity index (χ0n) is 14.9. The van der Waals surface area contributed by atoms with Crippen LogP contribution in [-0.2, 0) is 9.59 Å². The third kappa shape index (κ3) is 3.10. The molecule has 4 heteroatoms. The quantitative estimate of drug-likeness (QED) is 0.851. The minimum atomic E-state index is 0.00385. The molecule has 2 atom stereocenters. The van der Waals surface area contributed by atoms with E-state index in [2.05, 4.69) is 39.1 Å². The highest BCUT2D eigenvalue weighted by Crippen LogP contribution is 2.59. The van der Waals surface area contributed by atoms with Crippen LogP contribution in [0.5, 0.6) is 0 Å². The van der Waals surface area contributed by atoms with Crippen molar-refractivity contribution in [3.05, 3.63) is 35.9 Å². The fourth-order valence-corrected chi connectivity index (χ4v) is 3.74. The van der Waals surface area contributed by atoms with Gasteiger partial charge in [-0.2, -0.15) is 0 Å². The van der Waals surface area contributed by atoms with Gasteiger partial charge in [-0.05, 0) is 49.8 Å². The Morgan fingerprint density at radius 3 is 2.71 bits per heavy atom. The van der Waals surface area contributed by atoms with Crippen molar-refractivity contribution in [1.82, 2.24) is 0 Å². The maximum atomic E-state index is 12.7. The van der Waals surface area contributed by atoms with E-state index in [0.717, 1.165) is 24.3 Å². The molecule has 2 unspecified atom stereocenters. The number of carbonyl (C=O) groups is 2. The molecule has 1 aromatic carbocycles. The van der Waals surface area contributed by atoms with E-state index in [1.807, 2.05) is 24.3 Å². The van der Waals surface area contributed by atoms with Crippen molar-refractivity contribution in [3.63, 3.8) is 0 Å². The van der Waals surface area contributed by atoms with E-state index in [9.17, 15) is 9.59 Å². The lowest BCUT2D eigenvalue weighted by Crippen LogP contribution is -2.24. The largest absolute Gasteiger partial charge is 0.326 e. The Kier molecular flexibility index (Phi) is 4.24. The molecule has 0 radical (unpaired) electrons. The van der Waals surface area contributed by atoms with E-state index in [0.29, 0.717) is 12.3 Å². The summed E-state index contributed by atoms with van der Waals surface area (Å²) in [6.07, 6.45) is 3.71. The van der Waals surface area contributed by atoms with Gasteiger partial charge in [0.15, 0.2) is 0 Å². The zero-order chi connectivity index (χ0) is 17.5. The molecule has 24 heavy (non-hydrogen) atoms. The maximum Gasteiger partial charge on any atom is 0.228 e. The molecular weight excluding hydrogens is 300 g/mol. The van der Waals surface area contributed by atoms with Gasteiger partial charge in [0.2, 0.25) is 11.8 Å². The van der Waals surface area contributed by atoms with Gasteiger partial charge in [-0.15, -0.1) is 0 Å². The van der Waals surface area contributed by atoms with Crippen LogP contribution < -0.4 is 10.2 Å². The highest BCUT2D eigenvalue weighted by Gasteiger charge is 2.60. The zero-order valence-corrected chi connectivity index (χ0v) is 14.9. The number of anilines is 2. The summed E-state index contributed by atoms with van der Waals surface area (Å²) >= 11 is 0. The van der Waals surface area contributed by atoms with Crippen molar-refractivity contribution in [2.45, 2.75) is 40.5 Å². The summed E-state index contributed by atoms with van der Waals surface area (Å²) in [7, 11) is 0. The van der Waals surface area contributed by atoms with Gasteiger partial charge >= 0.3 is 0 Å². The summed E-state index contributed by atoms with van der Waals surface area (Å²) in [5.74, 6) is 0.521. The molecule has 2 aliphatic rings. The number of allylic oxidation sites excluding steroid dienone is 2. The monoisotopic (exact) mass is 326 g/mol. The van der Waals surface area contributed by atoms with Crippen LogP contribution in [0.2, 0.25) is 0 Å². The number of hydrogen-bond donors (Lipinski definition) is 1. The Bertz CT molecular complexity index is 701. The number of hydrogen-bond acceptors (Lipinski definition) is 2. The van der Waals surface area contributed by atoms with Crippen LogP contribution in [0, 0.1) is 17.3 Å². The summed E-state index contributed by atoms with van der Waals surface area (Å²) in [4.78, 5) is 26.3. The molecule has 1 saturated carbocycles. The molecule has 1 N–H and O–H groups in total. The Labute approximate surface area is 143 Å². The summed E-state index contributed by atoms with van der Waals surface area (Å²) in [6, 6.07) is 7.59. The third-order valence-corrected chi connectivity index (χ3v) is 5.20. The highest BCUT2D eigenvalue weighted by atomic mass is 16.2. The molecule has 4 nitrogen and oxygen atoms in total. The number of carbonyl (C=O) groups excluding carboxylic acids is 2. The molecule has 1 aromatic rings. The second-order valence-corrected chi connectivity index (χ2v) is 7.76. The number of nitrogens with one attached hydrogen (secondary N) is 1. The van der Waals surface area contributed by atoms with Crippen LogP contribution in [0.4, 0.5) is 11.4 Å². The van der Waals surface area contributed by atoms with Crippen molar-refractivity contribution >= 4 is 23.2 Å². The van der Waals surface area contributed by atoms with Crippen LogP contribution in [-0.4, -0.2) is 18.4 Å². The molecule has 128 valence electrons. The predicted molar refractivity (Wildman–Crippen MR) is 96.9 cm³/mol. The molecule has 2 fully saturated rings. The first-order valence-electron chi connectivity index (χ1n) is 8.67. The van der Waals surface area contributed by atoms with Crippen molar-refractivity contribution in [1.29, 1.82) is 0 Å². The average molecular weight is 326 g/mol. The first kappa shape index (κ1) is 16.7. The first-order chi connectivity index (χ1) is 11.3. The van der Waals surface area contributed by atoms with Gasteiger partial charge in [0.25, 0.3) is 0 Å². The van der Waals surface area contributed by atoms with Crippen LogP contribution >= 0.6 is 0 Å². The van der Waals surface area contributed by atoms with Gasteiger partial charge in [-0.1, -0.05) is 31.6 Å². The van der Waals surface area contributed by atoms with E-state index < -0.39 is 0 Å². The second-order valence-electron chi connectivity index (χ2n) is 7.76. The number of amides is 2. The summed E-state index contributed by atoms with van der Waals surface area (Å²) in [5.41, 5.74) is 2.88. The molecule has 0 spiro atoms. The smallest absolute Gasteiger partial charge is 0.228 e. The van der Waals surface area contributed by atoms with Crippen molar-refractivity contribution in [3.8, 4) is 0 Å². The minimum absolute atomic E-state index is 0.00385. The highest BCUT2D eigenvalue weighted by molar-refractivity contribution is 5.98. The van der Waals surface area contributed by atoms with Crippen molar-refractivity contribution in [2.24, 2.45) is 17.3 Å². The minimum Gasteiger partial charge on any atom is -0.326 e. The maximum absolute atomic E-state index is 12.7. The summed E-state index contributed by atoms with van der Waals surface area (Å²) in [6.45, 7) is 9.18. The third-order valence-electron chi connectivity index (χ3n) is 5.20. The lowest BCUT2D eigenvalue weighted by molar-refractivity contribution is -0.118. The van der Waals surface area contributed by atoms with Gasteiger partial charge in [-0.3, -0.25) is 9.59 Å². The molecule has 0 aromatic heterocycles. The van der Waals surface area contributed by atoms with Crippen LogP contribution in [0.3, 0.4) is 0 Å². The Balaban J connectivity index is 1.72. The molecule has 1 aliphatic heterocycles. The molecule has 2 amide bonds. The van der Waals surface area contributed by atoms with Crippen molar-refractivity contribution < 1.29 is 9.59 Å². The van der Waals surface area contributed by atoms with Crippen LogP contribution in [0.15, 0.2) is 35.9 Å². The van der Waals surface area contributed by atoms with Crippen LogP contribution in [0.1, 0.15) is 40.5 Å². The topological polar surface area (TPSA) is 49.4 Å². The number of rotatable bonds is 4. The second kappa shape index (κ2) is 6.08. The van der Waals surface area contributed by atoms with Crippen LogP contribution in [0.25, 0.3) is 0 Å². The number of benzene rings is 1. The Morgan fingerprint density at radius 1 is 1.33 bits per heavy atom. The van der Waals surface area contributed by atoms with E-state index in [1.165, 1.54) is 5.57 Å². The standard InChI is InChI=1S/C20H26N2O2/c1-13(2)11-16-18(20(16,3)4)19(24)21-14-7-5-8-15(12-14)22-10-6-9-17(22)23/h5,7-8,11-12,16,18H,6,9-10H2,1-4H3,(H,21,24). The fourth-order valence-electron chi connectivity index (χ4n) is 3.74. The average Bonchev–Trinajstić information content (AvgIpc) is 2.82. The molecule has 1 saturated heterocycles. The molecule has 1 aliphatic carbocycles. The van der Waals surface area contributed by atoms with E-state index in [-0.39, 0.29) is 23.1 Å². The van der Waals surface area contributed by atoms with Crippen molar-refractivity contribution in [2.75, 3.05) is 16.8 Å². The van der Waals surface area contributed by atoms with E-state index in [1.54, 1.807) is 4.90 Å². The van der Waals surface area contributed by atoms with E-state index in [4.69, 9.17) is 0 Å². The summed E-state index contributed by atoms with van der Waals surface area (Å²) in [5, 5.41) is 3.04. The van der Waals surface area contributed by atoms with Gasteiger partial charge in [0.05, 0.1) is 5.92 Å². The van der Waals surface area contributed by atoms with E-state index >= 15 is 0 Å². The normalized spacial score (nSPS) is 24.7. The lowest BCUT2D eigenvalue weighted by Gasteiger charge is -2.17. The lowest BCUT2D eigenvalue weighted by atomic mass is 10.1. The molecule has 3 rings (SSSR count). The number of nitrogens with zero attached hydrogens (tertiary/aromatic N) is 1. The van der Waals surface area contributed by atoms with Gasteiger partial charge in [0, 0.05) is 24.3 Å². The summed E-state index contributed by atoms with van der Waals surface area (Å²) < 4.78 is 0. The molecular formula is C20H26N2O2. The Hall–Kier alpha value is -2.10. The fraction of sp³-hybridized carbons (Fsp3) is 0.500. The SMILES string of the molecule is CC(C)=CC1C(C(=O)Nc2cccc(N3CCCC3=O)c2)C1(C)C. The molecule has 0 bridgehead atoms. The van der Waals surface area contributed by atoms with Gasteiger partial charge in [0.1, 0.15) is 0 Å². The van der Waals surface area contributed by atoms with Gasteiger partial charge in [-0.25, -0.2) is 0 Å². The Morgan fingerprint density at radius 2 is 2.08 bits per heavy atom. The predicted octanol–water partition coefficient (Wildman–Crippen LogP) is 3.99. The first-order valence-corrected chi connectivity index (χ1v) is 8.67. The van der Waals surface area contributed by atoms with Gasteiger partial charge < -0.3 is 10.2 Å². The molecule has 1 heterocycles.